The zero-order valence-corrected chi connectivity index (χ0v) is 19.2. The molecule has 6 heteroatoms. The zero-order chi connectivity index (χ0) is 22.7. The van der Waals surface area contributed by atoms with Gasteiger partial charge in [0.15, 0.2) is 0 Å². The highest BCUT2D eigenvalue weighted by Gasteiger charge is 2.54. The molecule has 1 amide bonds. The Balaban J connectivity index is 1.56. The highest BCUT2D eigenvalue weighted by Crippen LogP contribution is 2.52. The van der Waals surface area contributed by atoms with E-state index >= 15 is 0 Å². The Morgan fingerprint density at radius 3 is 2.59 bits per heavy atom. The summed E-state index contributed by atoms with van der Waals surface area (Å²) in [6.07, 6.45) is 2.17. The number of likely N-dealkylation sites (tertiary alicyclic amines) is 1. The maximum Gasteiger partial charge on any atom is 0.220 e. The number of rotatable bonds is 7. The number of piperidine rings is 1. The van der Waals surface area contributed by atoms with Crippen molar-refractivity contribution in [3.05, 3.63) is 65.0 Å². The lowest BCUT2D eigenvalue weighted by Gasteiger charge is -2.44. The average Bonchev–Trinajstić information content (AvgIpc) is 3.06. The summed E-state index contributed by atoms with van der Waals surface area (Å²) in [6, 6.07) is 13.4. The van der Waals surface area contributed by atoms with E-state index < -0.39 is 0 Å². The van der Waals surface area contributed by atoms with Crippen LogP contribution in [0.5, 0.6) is 5.75 Å². The Morgan fingerprint density at radius 1 is 1.19 bits per heavy atom. The molecule has 2 aliphatic rings. The molecule has 0 aromatic heterocycles. The molecule has 0 radical (unpaired) electrons. The summed E-state index contributed by atoms with van der Waals surface area (Å²) >= 11 is 0. The SMILES string of the molecule is CCO[C@H]1[C@H](NC(=O)CC)c2ccccc2C12CCN(Cc1ccc(OC)cc1F)CC2. The molecule has 5 nitrogen and oxygen atoms in total. The molecule has 1 heterocycles. The molecule has 1 fully saturated rings. The number of nitrogens with zero attached hydrogens (tertiary/aromatic N) is 1. The van der Waals surface area contributed by atoms with Gasteiger partial charge in [-0.2, -0.15) is 0 Å². The van der Waals surface area contributed by atoms with Crippen LogP contribution in [-0.2, 0) is 21.5 Å². The fourth-order valence-corrected chi connectivity index (χ4v) is 5.41. The van der Waals surface area contributed by atoms with Gasteiger partial charge in [-0.15, -0.1) is 0 Å². The normalized spacial score (nSPS) is 22.0. The minimum atomic E-state index is -0.231. The molecule has 0 unspecified atom stereocenters. The van der Waals surface area contributed by atoms with E-state index in [-0.39, 0.29) is 29.3 Å². The molecule has 32 heavy (non-hydrogen) atoms. The van der Waals surface area contributed by atoms with Crippen molar-refractivity contribution in [1.29, 1.82) is 0 Å². The van der Waals surface area contributed by atoms with Gasteiger partial charge < -0.3 is 14.8 Å². The quantitative estimate of drug-likeness (QED) is 0.695. The summed E-state index contributed by atoms with van der Waals surface area (Å²) in [5, 5.41) is 3.22. The summed E-state index contributed by atoms with van der Waals surface area (Å²) < 4.78 is 25.9. The lowest BCUT2D eigenvalue weighted by molar-refractivity contribution is -0.123. The van der Waals surface area contributed by atoms with Gasteiger partial charge in [0.05, 0.1) is 19.3 Å². The molecule has 1 N–H and O–H groups in total. The number of amides is 1. The minimum Gasteiger partial charge on any atom is -0.497 e. The Bertz CT molecular complexity index is 956. The van der Waals surface area contributed by atoms with Crippen LogP contribution in [0.2, 0.25) is 0 Å². The molecule has 0 bridgehead atoms. The molecule has 1 aliphatic heterocycles. The van der Waals surface area contributed by atoms with Crippen LogP contribution in [0, 0.1) is 5.82 Å². The van der Waals surface area contributed by atoms with Crippen LogP contribution in [0.3, 0.4) is 0 Å². The first-order valence-corrected chi connectivity index (χ1v) is 11.6. The summed E-state index contributed by atoms with van der Waals surface area (Å²) in [5.41, 5.74) is 2.99. The molecule has 2 aromatic rings. The molecular weight excluding hydrogens is 407 g/mol. The van der Waals surface area contributed by atoms with Crippen molar-refractivity contribution in [2.75, 3.05) is 26.8 Å². The van der Waals surface area contributed by atoms with E-state index in [9.17, 15) is 9.18 Å². The molecule has 2 atom stereocenters. The topological polar surface area (TPSA) is 50.8 Å². The number of carbonyl (C=O) groups excluding carboxylic acids is 1. The van der Waals surface area contributed by atoms with E-state index in [0.29, 0.717) is 30.9 Å². The number of ether oxygens (including phenoxy) is 2. The van der Waals surface area contributed by atoms with Gasteiger partial charge in [-0.1, -0.05) is 37.3 Å². The molecule has 0 saturated carbocycles. The molecule has 172 valence electrons. The Labute approximate surface area is 189 Å². The van der Waals surface area contributed by atoms with Crippen molar-refractivity contribution in [1.82, 2.24) is 10.2 Å². The van der Waals surface area contributed by atoms with Crippen LogP contribution in [0.25, 0.3) is 0 Å². The average molecular weight is 441 g/mol. The third-order valence-electron chi connectivity index (χ3n) is 7.07. The van der Waals surface area contributed by atoms with E-state index in [0.717, 1.165) is 25.9 Å². The first kappa shape index (κ1) is 22.7. The minimum absolute atomic E-state index is 0.0407. The predicted octanol–water partition coefficient (Wildman–Crippen LogP) is 4.35. The van der Waals surface area contributed by atoms with Crippen LogP contribution in [0.1, 0.15) is 55.8 Å². The van der Waals surface area contributed by atoms with Crippen LogP contribution in [-0.4, -0.2) is 43.7 Å². The van der Waals surface area contributed by atoms with Gasteiger partial charge in [-0.3, -0.25) is 9.69 Å². The first-order valence-electron chi connectivity index (χ1n) is 11.6. The van der Waals surface area contributed by atoms with Gasteiger partial charge in [0.2, 0.25) is 5.91 Å². The number of hydrogen-bond donors (Lipinski definition) is 1. The monoisotopic (exact) mass is 440 g/mol. The van der Waals surface area contributed by atoms with Crippen LogP contribution in [0.15, 0.2) is 42.5 Å². The van der Waals surface area contributed by atoms with Crippen molar-refractivity contribution in [3.63, 3.8) is 0 Å². The van der Waals surface area contributed by atoms with E-state index in [1.54, 1.807) is 7.11 Å². The molecule has 4 rings (SSSR count). The van der Waals surface area contributed by atoms with E-state index in [2.05, 4.69) is 28.4 Å². The van der Waals surface area contributed by atoms with E-state index in [1.807, 2.05) is 32.0 Å². The maximum absolute atomic E-state index is 14.5. The summed E-state index contributed by atoms with van der Waals surface area (Å²) in [7, 11) is 1.54. The summed E-state index contributed by atoms with van der Waals surface area (Å²) in [5.74, 6) is 0.343. The van der Waals surface area contributed by atoms with Crippen molar-refractivity contribution in [2.24, 2.45) is 0 Å². The molecule has 1 saturated heterocycles. The van der Waals surface area contributed by atoms with Crippen molar-refractivity contribution in [3.8, 4) is 5.75 Å². The zero-order valence-electron chi connectivity index (χ0n) is 19.2. The lowest BCUT2D eigenvalue weighted by Crippen LogP contribution is -2.50. The van der Waals surface area contributed by atoms with Gasteiger partial charge in [-0.25, -0.2) is 4.39 Å². The lowest BCUT2D eigenvalue weighted by atomic mass is 9.71. The van der Waals surface area contributed by atoms with Gasteiger partial charge in [0, 0.05) is 36.6 Å². The largest absolute Gasteiger partial charge is 0.497 e. The highest BCUT2D eigenvalue weighted by atomic mass is 19.1. The second-order valence-electron chi connectivity index (χ2n) is 8.75. The number of halogens is 1. The Hall–Kier alpha value is -2.44. The predicted molar refractivity (Wildman–Crippen MR) is 122 cm³/mol. The van der Waals surface area contributed by atoms with Crippen LogP contribution in [0.4, 0.5) is 4.39 Å². The highest BCUT2D eigenvalue weighted by molar-refractivity contribution is 5.76. The van der Waals surface area contributed by atoms with Gasteiger partial charge in [0.25, 0.3) is 0 Å². The first-order chi connectivity index (χ1) is 15.5. The Morgan fingerprint density at radius 2 is 1.94 bits per heavy atom. The van der Waals surface area contributed by atoms with Crippen molar-refractivity contribution < 1.29 is 18.7 Å². The third kappa shape index (κ3) is 4.14. The molecule has 2 aromatic carbocycles. The number of carbonyl (C=O) groups is 1. The fourth-order valence-electron chi connectivity index (χ4n) is 5.41. The molecular formula is C26H33FN2O3. The van der Waals surface area contributed by atoms with Crippen LogP contribution >= 0.6 is 0 Å². The summed E-state index contributed by atoms with van der Waals surface area (Å²) in [6.45, 7) is 6.74. The second kappa shape index (κ2) is 9.59. The number of nitrogens with one attached hydrogen (secondary N) is 1. The number of fused-ring (bicyclic) bond motifs is 2. The maximum atomic E-state index is 14.5. The third-order valence-corrected chi connectivity index (χ3v) is 7.07. The molecule has 1 aliphatic carbocycles. The second-order valence-corrected chi connectivity index (χ2v) is 8.75. The number of methoxy groups -OCH3 is 1. The smallest absolute Gasteiger partial charge is 0.220 e. The fraction of sp³-hybridized carbons (Fsp3) is 0.500. The van der Waals surface area contributed by atoms with Crippen molar-refractivity contribution >= 4 is 5.91 Å². The van der Waals surface area contributed by atoms with Gasteiger partial charge in [-0.05, 0) is 50.0 Å². The Kier molecular flexibility index (Phi) is 6.82. The van der Waals surface area contributed by atoms with Crippen molar-refractivity contribution in [2.45, 2.75) is 57.2 Å². The molecule has 1 spiro atoms. The number of hydrogen-bond acceptors (Lipinski definition) is 4. The van der Waals surface area contributed by atoms with Gasteiger partial charge >= 0.3 is 0 Å². The number of benzene rings is 2. The standard InChI is InChI=1S/C26H33FN2O3/c1-4-23(30)28-24-20-8-6-7-9-21(20)26(25(24)32-5-2)12-14-29(15-13-26)17-18-10-11-19(31-3)16-22(18)27/h6-11,16,24-25H,4-5,12-15,17H2,1-3H3,(H,28,30)/t24-,25+/m1/s1. The van der Waals surface area contributed by atoms with Crippen LogP contribution < -0.4 is 10.1 Å². The van der Waals surface area contributed by atoms with E-state index in [4.69, 9.17) is 9.47 Å². The van der Waals surface area contributed by atoms with Gasteiger partial charge in [0.1, 0.15) is 11.6 Å². The van der Waals surface area contributed by atoms with E-state index in [1.165, 1.54) is 17.2 Å². The summed E-state index contributed by atoms with van der Waals surface area (Å²) in [4.78, 5) is 14.6.